The number of esters is 1. The molecule has 0 saturated heterocycles. The van der Waals surface area contributed by atoms with E-state index in [-0.39, 0.29) is 0 Å². The fraction of sp³-hybridized carbons (Fsp3) is 0.500. The Morgan fingerprint density at radius 3 is 2.65 bits per heavy atom. The number of carbonyl (C=O) groups excluding carboxylic acids is 1. The Kier molecular flexibility index (Phi) is 4.07. The van der Waals surface area contributed by atoms with Crippen LogP contribution in [0.1, 0.15) is 19.4 Å². The topological polar surface area (TPSA) is 74.4 Å². The van der Waals surface area contributed by atoms with Crippen LogP contribution in [0.2, 0.25) is 0 Å². The van der Waals surface area contributed by atoms with Gasteiger partial charge in [0.15, 0.2) is 0 Å². The van der Waals surface area contributed by atoms with Crippen molar-refractivity contribution in [3.63, 3.8) is 0 Å². The van der Waals surface area contributed by atoms with E-state index < -0.39 is 17.4 Å². The van der Waals surface area contributed by atoms with Gasteiger partial charge in [0.2, 0.25) is 5.88 Å². The Hall–Kier alpha value is -1.62. The Morgan fingerprint density at radius 1 is 1.47 bits per heavy atom. The standard InChI is InChI=1S/C12H18N2O3/c1-12(2,10(13)11(15)17-4)8-5-6-14-9(7-8)16-3/h5-7,10H,13H2,1-4H3. The first-order valence-electron chi connectivity index (χ1n) is 5.27. The zero-order valence-corrected chi connectivity index (χ0v) is 10.6. The van der Waals surface area contributed by atoms with Gasteiger partial charge in [-0.05, 0) is 11.6 Å². The van der Waals surface area contributed by atoms with Crippen LogP contribution in [-0.2, 0) is 14.9 Å². The second kappa shape index (κ2) is 5.14. The van der Waals surface area contributed by atoms with Gasteiger partial charge in [0.05, 0.1) is 14.2 Å². The Labute approximate surface area is 101 Å². The van der Waals surface area contributed by atoms with Crippen LogP contribution < -0.4 is 10.5 Å². The lowest BCUT2D eigenvalue weighted by Crippen LogP contribution is -2.47. The van der Waals surface area contributed by atoms with Gasteiger partial charge in [-0.1, -0.05) is 13.8 Å². The molecule has 2 N–H and O–H groups in total. The van der Waals surface area contributed by atoms with E-state index in [0.717, 1.165) is 5.56 Å². The number of hydrogen-bond acceptors (Lipinski definition) is 5. The van der Waals surface area contributed by atoms with Crippen LogP contribution in [-0.4, -0.2) is 31.2 Å². The average Bonchev–Trinajstić information content (AvgIpc) is 2.36. The lowest BCUT2D eigenvalue weighted by molar-refractivity contribution is -0.143. The van der Waals surface area contributed by atoms with Crippen molar-refractivity contribution in [2.45, 2.75) is 25.3 Å². The molecule has 17 heavy (non-hydrogen) atoms. The molecule has 0 aliphatic rings. The minimum Gasteiger partial charge on any atom is -0.481 e. The van der Waals surface area contributed by atoms with Crippen LogP contribution in [0, 0.1) is 0 Å². The maximum Gasteiger partial charge on any atom is 0.323 e. The third-order valence-electron chi connectivity index (χ3n) is 2.92. The molecule has 0 aromatic carbocycles. The monoisotopic (exact) mass is 238 g/mol. The zero-order valence-electron chi connectivity index (χ0n) is 10.6. The molecule has 0 amide bonds. The molecular formula is C12H18N2O3. The Morgan fingerprint density at radius 2 is 2.12 bits per heavy atom. The molecule has 1 aromatic rings. The van der Waals surface area contributed by atoms with Gasteiger partial charge in [-0.2, -0.15) is 0 Å². The van der Waals surface area contributed by atoms with Gasteiger partial charge in [0, 0.05) is 17.7 Å². The van der Waals surface area contributed by atoms with Gasteiger partial charge in [-0.25, -0.2) is 4.98 Å². The molecule has 0 saturated carbocycles. The van der Waals surface area contributed by atoms with E-state index in [4.69, 9.17) is 10.5 Å². The first-order valence-corrected chi connectivity index (χ1v) is 5.27. The molecule has 0 radical (unpaired) electrons. The SMILES string of the molecule is COC(=O)C(N)C(C)(C)c1ccnc(OC)c1. The number of pyridine rings is 1. The third-order valence-corrected chi connectivity index (χ3v) is 2.92. The molecule has 1 heterocycles. The van der Waals surface area contributed by atoms with Gasteiger partial charge in [0.25, 0.3) is 0 Å². The summed E-state index contributed by atoms with van der Waals surface area (Å²) in [5.74, 6) is 0.0541. The van der Waals surface area contributed by atoms with Crippen molar-refractivity contribution in [2.24, 2.45) is 5.73 Å². The van der Waals surface area contributed by atoms with Gasteiger partial charge >= 0.3 is 5.97 Å². The Bertz CT molecular complexity index is 404. The van der Waals surface area contributed by atoms with Crippen LogP contribution in [0.25, 0.3) is 0 Å². The second-order valence-electron chi connectivity index (χ2n) is 4.31. The van der Waals surface area contributed by atoms with Crippen LogP contribution in [0.4, 0.5) is 0 Å². The van der Waals surface area contributed by atoms with Gasteiger partial charge in [0.1, 0.15) is 6.04 Å². The molecule has 0 fully saturated rings. The zero-order chi connectivity index (χ0) is 13.1. The molecule has 5 nitrogen and oxygen atoms in total. The fourth-order valence-corrected chi connectivity index (χ4v) is 1.52. The lowest BCUT2D eigenvalue weighted by atomic mass is 9.78. The Balaban J connectivity index is 3.06. The predicted molar refractivity (Wildman–Crippen MR) is 63.8 cm³/mol. The summed E-state index contributed by atoms with van der Waals surface area (Å²) in [5.41, 5.74) is 6.22. The molecule has 0 aliphatic carbocycles. The molecule has 0 aliphatic heterocycles. The molecule has 0 spiro atoms. The van der Waals surface area contributed by atoms with Crippen LogP contribution in [0.15, 0.2) is 18.3 Å². The van der Waals surface area contributed by atoms with Crippen LogP contribution >= 0.6 is 0 Å². The summed E-state index contributed by atoms with van der Waals surface area (Å²) in [7, 11) is 2.87. The highest BCUT2D eigenvalue weighted by Crippen LogP contribution is 2.28. The summed E-state index contributed by atoms with van der Waals surface area (Å²) in [6.07, 6.45) is 1.62. The summed E-state index contributed by atoms with van der Waals surface area (Å²) in [4.78, 5) is 15.5. The maximum absolute atomic E-state index is 11.5. The number of nitrogens with zero attached hydrogens (tertiary/aromatic N) is 1. The summed E-state index contributed by atoms with van der Waals surface area (Å²) in [6, 6.07) is 2.84. The van der Waals surface area contributed by atoms with E-state index in [9.17, 15) is 4.79 Å². The van der Waals surface area contributed by atoms with E-state index in [0.29, 0.717) is 5.88 Å². The van der Waals surface area contributed by atoms with E-state index in [2.05, 4.69) is 9.72 Å². The van der Waals surface area contributed by atoms with Gasteiger partial charge < -0.3 is 15.2 Å². The average molecular weight is 238 g/mol. The molecule has 94 valence electrons. The maximum atomic E-state index is 11.5. The molecule has 1 aromatic heterocycles. The number of hydrogen-bond donors (Lipinski definition) is 1. The summed E-state index contributed by atoms with van der Waals surface area (Å²) in [5, 5.41) is 0. The predicted octanol–water partition coefficient (Wildman–Crippen LogP) is 0.868. The molecule has 1 unspecified atom stereocenters. The van der Waals surface area contributed by atoms with Gasteiger partial charge in [-0.3, -0.25) is 4.79 Å². The fourth-order valence-electron chi connectivity index (χ4n) is 1.52. The van der Waals surface area contributed by atoms with E-state index in [1.165, 1.54) is 7.11 Å². The molecular weight excluding hydrogens is 220 g/mol. The number of aromatic nitrogens is 1. The summed E-state index contributed by atoms with van der Waals surface area (Å²) >= 11 is 0. The highest BCUT2D eigenvalue weighted by atomic mass is 16.5. The number of ether oxygens (including phenoxy) is 2. The highest BCUT2D eigenvalue weighted by molar-refractivity contribution is 5.77. The van der Waals surface area contributed by atoms with Gasteiger partial charge in [-0.15, -0.1) is 0 Å². The van der Waals surface area contributed by atoms with Crippen molar-refractivity contribution in [3.05, 3.63) is 23.9 Å². The van der Waals surface area contributed by atoms with Crippen molar-refractivity contribution in [1.29, 1.82) is 0 Å². The first-order chi connectivity index (χ1) is 7.93. The van der Waals surface area contributed by atoms with Crippen molar-refractivity contribution in [1.82, 2.24) is 4.98 Å². The van der Waals surface area contributed by atoms with Crippen molar-refractivity contribution in [3.8, 4) is 5.88 Å². The second-order valence-corrected chi connectivity index (χ2v) is 4.31. The normalized spacial score (nSPS) is 13.0. The number of rotatable bonds is 4. The summed E-state index contributed by atoms with van der Waals surface area (Å²) < 4.78 is 9.71. The van der Waals surface area contributed by atoms with E-state index in [1.807, 2.05) is 19.9 Å². The van der Waals surface area contributed by atoms with Crippen LogP contribution in [0.3, 0.4) is 0 Å². The van der Waals surface area contributed by atoms with Crippen molar-refractivity contribution >= 4 is 5.97 Å². The van der Waals surface area contributed by atoms with Crippen LogP contribution in [0.5, 0.6) is 5.88 Å². The number of carbonyl (C=O) groups is 1. The number of methoxy groups -OCH3 is 2. The smallest absolute Gasteiger partial charge is 0.323 e. The molecule has 0 bridgehead atoms. The van der Waals surface area contributed by atoms with E-state index in [1.54, 1.807) is 19.4 Å². The number of nitrogens with two attached hydrogens (primary N) is 1. The van der Waals surface area contributed by atoms with E-state index >= 15 is 0 Å². The van der Waals surface area contributed by atoms with Crippen molar-refractivity contribution in [2.75, 3.05) is 14.2 Å². The quantitative estimate of drug-likeness (QED) is 0.788. The largest absolute Gasteiger partial charge is 0.481 e. The molecule has 1 atom stereocenters. The lowest BCUT2D eigenvalue weighted by Gasteiger charge is -2.30. The minimum atomic E-state index is -0.736. The molecule has 1 rings (SSSR count). The third kappa shape index (κ3) is 2.74. The summed E-state index contributed by atoms with van der Waals surface area (Å²) in [6.45, 7) is 3.76. The molecule has 5 heteroatoms. The highest BCUT2D eigenvalue weighted by Gasteiger charge is 2.34. The first kappa shape index (κ1) is 13.4. The van der Waals surface area contributed by atoms with Crippen molar-refractivity contribution < 1.29 is 14.3 Å². The minimum absolute atomic E-state index is 0.439.